The number of likely N-dealkylation sites (N-methyl/N-ethyl adjacent to an activating group) is 1. The van der Waals surface area contributed by atoms with Crippen LogP contribution in [0.15, 0.2) is 0 Å². The van der Waals surface area contributed by atoms with E-state index in [1.807, 2.05) is 0 Å². The highest BCUT2D eigenvalue weighted by Gasteiger charge is 2.28. The van der Waals surface area contributed by atoms with Gasteiger partial charge in [-0.1, -0.05) is 13.3 Å². The van der Waals surface area contributed by atoms with Gasteiger partial charge in [0.25, 0.3) is 0 Å². The second-order valence-electron chi connectivity index (χ2n) is 5.54. The van der Waals surface area contributed by atoms with Gasteiger partial charge in [-0.15, -0.1) is 0 Å². The summed E-state index contributed by atoms with van der Waals surface area (Å²) in [5.41, 5.74) is 0. The number of piperidine rings is 1. The smallest absolute Gasteiger partial charge is 0.237 e. The molecule has 2 heterocycles. The third-order valence-electron chi connectivity index (χ3n) is 4.22. The predicted molar refractivity (Wildman–Crippen MR) is 73.5 cm³/mol. The Balaban J connectivity index is 1.90. The number of amides is 1. The number of carbonyl (C=O) groups excluding carboxylic acids is 1. The van der Waals surface area contributed by atoms with Crippen LogP contribution in [0.2, 0.25) is 0 Å². The van der Waals surface area contributed by atoms with E-state index in [1.54, 1.807) is 0 Å². The van der Waals surface area contributed by atoms with Crippen LogP contribution in [0.3, 0.4) is 0 Å². The summed E-state index contributed by atoms with van der Waals surface area (Å²) in [6.07, 6.45) is 7.19. The van der Waals surface area contributed by atoms with Gasteiger partial charge in [0.2, 0.25) is 5.91 Å². The maximum atomic E-state index is 12.1. The Kier molecular flexibility index (Phi) is 5.45. The van der Waals surface area contributed by atoms with Crippen LogP contribution in [0, 0.1) is 0 Å². The molecule has 1 amide bonds. The summed E-state index contributed by atoms with van der Waals surface area (Å²) in [5.74, 6) is 0.241. The Hall–Kier alpha value is -0.610. The molecule has 2 atom stereocenters. The summed E-state index contributed by atoms with van der Waals surface area (Å²) in [6, 6.07) is 0.677. The lowest BCUT2D eigenvalue weighted by atomic mass is 10.0. The summed E-state index contributed by atoms with van der Waals surface area (Å²) in [4.78, 5) is 14.4. The Morgan fingerprint density at radius 1 is 1.17 bits per heavy atom. The molecule has 0 bridgehead atoms. The van der Waals surface area contributed by atoms with Crippen molar-refractivity contribution in [1.82, 2.24) is 15.5 Å². The van der Waals surface area contributed by atoms with Crippen molar-refractivity contribution < 1.29 is 4.79 Å². The quantitative estimate of drug-likeness (QED) is 0.789. The highest BCUT2D eigenvalue weighted by molar-refractivity contribution is 5.81. The zero-order chi connectivity index (χ0) is 12.8. The molecule has 0 aromatic carbocycles. The molecule has 104 valence electrons. The van der Waals surface area contributed by atoms with Gasteiger partial charge in [-0.2, -0.15) is 0 Å². The number of nitrogens with one attached hydrogen (secondary N) is 2. The first-order chi connectivity index (χ1) is 8.81. The summed E-state index contributed by atoms with van der Waals surface area (Å²) in [7, 11) is 0. The normalized spacial score (nSPS) is 30.0. The van der Waals surface area contributed by atoms with E-state index < -0.39 is 0 Å². The first kappa shape index (κ1) is 13.8. The van der Waals surface area contributed by atoms with Gasteiger partial charge in [0.1, 0.15) is 0 Å². The third kappa shape index (κ3) is 3.69. The van der Waals surface area contributed by atoms with E-state index in [4.69, 9.17) is 0 Å². The van der Waals surface area contributed by atoms with Gasteiger partial charge >= 0.3 is 0 Å². The summed E-state index contributed by atoms with van der Waals surface area (Å²) in [6.45, 7) is 6.15. The molecule has 0 radical (unpaired) electrons. The maximum absolute atomic E-state index is 12.1. The third-order valence-corrected chi connectivity index (χ3v) is 4.22. The first-order valence-electron chi connectivity index (χ1n) is 7.56. The van der Waals surface area contributed by atoms with Gasteiger partial charge in [-0.3, -0.25) is 9.69 Å². The lowest BCUT2D eigenvalue weighted by Crippen LogP contribution is -2.51. The minimum absolute atomic E-state index is 0.0984. The van der Waals surface area contributed by atoms with Crippen molar-refractivity contribution in [1.29, 1.82) is 0 Å². The molecule has 2 aliphatic heterocycles. The van der Waals surface area contributed by atoms with E-state index in [1.165, 1.54) is 19.3 Å². The van der Waals surface area contributed by atoms with Crippen molar-refractivity contribution in [3.05, 3.63) is 0 Å². The number of hydrogen-bond acceptors (Lipinski definition) is 3. The maximum Gasteiger partial charge on any atom is 0.237 e. The van der Waals surface area contributed by atoms with Crippen LogP contribution in [0.4, 0.5) is 0 Å². The predicted octanol–water partition coefficient (Wildman–Crippen LogP) is 1.12. The molecule has 2 N–H and O–H groups in total. The molecule has 0 spiro atoms. The number of hydrogen-bond donors (Lipinski definition) is 2. The molecule has 2 saturated heterocycles. The average Bonchev–Trinajstić information content (AvgIpc) is 2.62. The molecule has 0 aromatic rings. The van der Waals surface area contributed by atoms with E-state index in [-0.39, 0.29) is 11.9 Å². The molecular formula is C14H27N3O. The summed E-state index contributed by atoms with van der Waals surface area (Å²) >= 11 is 0. The van der Waals surface area contributed by atoms with E-state index >= 15 is 0 Å². The zero-order valence-electron chi connectivity index (χ0n) is 11.6. The van der Waals surface area contributed by atoms with E-state index in [9.17, 15) is 4.79 Å². The molecule has 0 aliphatic carbocycles. The monoisotopic (exact) mass is 253 g/mol. The van der Waals surface area contributed by atoms with Crippen molar-refractivity contribution in [3.63, 3.8) is 0 Å². The second kappa shape index (κ2) is 7.10. The van der Waals surface area contributed by atoms with Crippen LogP contribution in [-0.2, 0) is 4.79 Å². The molecule has 0 saturated carbocycles. The fourth-order valence-electron chi connectivity index (χ4n) is 3.11. The van der Waals surface area contributed by atoms with Crippen molar-refractivity contribution >= 4 is 5.91 Å². The first-order valence-corrected chi connectivity index (χ1v) is 7.56. The van der Waals surface area contributed by atoms with Gasteiger partial charge < -0.3 is 10.6 Å². The Bertz CT molecular complexity index is 264. The van der Waals surface area contributed by atoms with Crippen molar-refractivity contribution in [2.24, 2.45) is 0 Å². The van der Waals surface area contributed by atoms with E-state index in [2.05, 4.69) is 22.5 Å². The molecule has 4 nitrogen and oxygen atoms in total. The topological polar surface area (TPSA) is 44.4 Å². The molecule has 18 heavy (non-hydrogen) atoms. The summed E-state index contributed by atoms with van der Waals surface area (Å²) in [5, 5.41) is 6.63. The van der Waals surface area contributed by atoms with Gasteiger partial charge in [0.05, 0.1) is 6.04 Å². The number of carbonyl (C=O) groups is 1. The van der Waals surface area contributed by atoms with Crippen LogP contribution in [0.25, 0.3) is 0 Å². The average molecular weight is 253 g/mol. The van der Waals surface area contributed by atoms with Gasteiger partial charge in [-0.05, 0) is 45.2 Å². The van der Waals surface area contributed by atoms with Crippen LogP contribution in [0.1, 0.15) is 45.4 Å². The van der Waals surface area contributed by atoms with Crippen LogP contribution in [0.5, 0.6) is 0 Å². The molecule has 0 aromatic heterocycles. The molecule has 4 heteroatoms. The lowest BCUT2D eigenvalue weighted by Gasteiger charge is -2.34. The van der Waals surface area contributed by atoms with Crippen LogP contribution < -0.4 is 10.6 Å². The highest BCUT2D eigenvalue weighted by Crippen LogP contribution is 2.15. The fourth-order valence-corrected chi connectivity index (χ4v) is 3.11. The molecule has 2 aliphatic rings. The Morgan fingerprint density at radius 2 is 1.94 bits per heavy atom. The largest absolute Gasteiger partial charge is 0.355 e. The molecular weight excluding hydrogens is 226 g/mol. The van der Waals surface area contributed by atoms with E-state index in [0.29, 0.717) is 6.04 Å². The van der Waals surface area contributed by atoms with Crippen LogP contribution in [-0.4, -0.2) is 49.1 Å². The van der Waals surface area contributed by atoms with Crippen molar-refractivity contribution in [2.45, 2.75) is 57.5 Å². The fraction of sp³-hybridized carbons (Fsp3) is 0.929. The Labute approximate surface area is 110 Å². The molecule has 2 unspecified atom stereocenters. The molecule has 2 fully saturated rings. The minimum atomic E-state index is 0.0984. The molecule has 2 rings (SSSR count). The standard InChI is InChI=1S/C14H27N3O/c1-2-17(11-12-7-3-5-9-15-12)13-8-4-6-10-16-14(13)18/h12-13,15H,2-11H2,1H3,(H,16,18). The number of nitrogens with zero attached hydrogens (tertiary/aromatic N) is 1. The van der Waals surface area contributed by atoms with Crippen molar-refractivity contribution in [2.75, 3.05) is 26.2 Å². The number of rotatable bonds is 4. The zero-order valence-corrected chi connectivity index (χ0v) is 11.6. The minimum Gasteiger partial charge on any atom is -0.355 e. The lowest BCUT2D eigenvalue weighted by molar-refractivity contribution is -0.126. The second-order valence-corrected chi connectivity index (χ2v) is 5.54. The van der Waals surface area contributed by atoms with E-state index in [0.717, 1.165) is 45.4 Å². The Morgan fingerprint density at radius 3 is 2.67 bits per heavy atom. The highest BCUT2D eigenvalue weighted by atomic mass is 16.2. The van der Waals surface area contributed by atoms with Gasteiger partial charge in [0, 0.05) is 19.1 Å². The van der Waals surface area contributed by atoms with Crippen molar-refractivity contribution in [3.8, 4) is 0 Å². The summed E-state index contributed by atoms with van der Waals surface area (Å²) < 4.78 is 0. The van der Waals surface area contributed by atoms with Gasteiger partial charge in [-0.25, -0.2) is 0 Å². The van der Waals surface area contributed by atoms with Crippen LogP contribution >= 0.6 is 0 Å². The van der Waals surface area contributed by atoms with Gasteiger partial charge in [0.15, 0.2) is 0 Å². The SMILES string of the molecule is CCN(CC1CCCCN1)C1CCCCNC1=O.